The normalized spacial score (nSPS) is 21.3. The molecule has 39 heavy (non-hydrogen) atoms. The summed E-state index contributed by atoms with van der Waals surface area (Å²) in [6, 6.07) is 3.33. The lowest BCUT2D eigenvalue weighted by atomic mass is 10.1. The van der Waals surface area contributed by atoms with Gasteiger partial charge in [-0.25, -0.2) is 15.0 Å². The number of imidazole rings is 1. The number of amides is 1. The molecule has 1 aliphatic rings. The molecule has 4 unspecified atom stereocenters. The zero-order chi connectivity index (χ0) is 27.9. The summed E-state index contributed by atoms with van der Waals surface area (Å²) in [5, 5.41) is 26.6. The predicted molar refractivity (Wildman–Crippen MR) is 130 cm³/mol. The zero-order valence-electron chi connectivity index (χ0n) is 20.0. The standard InChI is InChI=1S/C23H20ClF3N8O4/c1-28-21(38)17-15(36)16(37)22(39-17)35-9-32-14-19(31-8-13-5-11(2-3-30-13)23(25,26)27)33-18(34-20(14)35)10-4-12(24)7-29-6-10/h2-7,9,15-17,22,36-37H,8H2,1H3,(H,28,38)(H,31,33,34). The molecular formula is C23H20ClF3N8O4. The lowest BCUT2D eigenvalue weighted by molar-refractivity contribution is -0.138. The van der Waals surface area contributed by atoms with E-state index in [1.165, 1.54) is 30.3 Å². The summed E-state index contributed by atoms with van der Waals surface area (Å²) in [7, 11) is 1.36. The molecule has 4 N–H and O–H groups in total. The first-order valence-electron chi connectivity index (χ1n) is 11.4. The maximum absolute atomic E-state index is 13.1. The fourth-order valence-electron chi connectivity index (χ4n) is 4.06. The first-order chi connectivity index (χ1) is 18.6. The third-order valence-corrected chi connectivity index (χ3v) is 6.19. The number of alkyl halides is 3. The van der Waals surface area contributed by atoms with E-state index in [1.807, 2.05) is 0 Å². The lowest BCUT2D eigenvalue weighted by Crippen LogP contribution is -2.41. The maximum Gasteiger partial charge on any atom is 0.416 e. The van der Waals surface area contributed by atoms with Crippen molar-refractivity contribution in [1.29, 1.82) is 0 Å². The van der Waals surface area contributed by atoms with Gasteiger partial charge in [0.25, 0.3) is 5.91 Å². The quantitative estimate of drug-likeness (QED) is 0.272. The monoisotopic (exact) mass is 564 g/mol. The van der Waals surface area contributed by atoms with Gasteiger partial charge in [-0.05, 0) is 18.2 Å². The molecule has 4 aromatic heterocycles. The Morgan fingerprint density at radius 1 is 1.18 bits per heavy atom. The number of ether oxygens (including phenoxy) is 1. The van der Waals surface area contributed by atoms with Gasteiger partial charge in [-0.3, -0.25) is 19.3 Å². The third-order valence-electron chi connectivity index (χ3n) is 5.98. The van der Waals surface area contributed by atoms with Crippen LogP contribution in [-0.4, -0.2) is 71.0 Å². The molecule has 0 bridgehead atoms. The van der Waals surface area contributed by atoms with Gasteiger partial charge >= 0.3 is 6.18 Å². The van der Waals surface area contributed by atoms with Crippen molar-refractivity contribution in [1.82, 2.24) is 34.8 Å². The number of carbonyl (C=O) groups excluding carboxylic acids is 1. The van der Waals surface area contributed by atoms with Crippen molar-refractivity contribution in [2.24, 2.45) is 0 Å². The van der Waals surface area contributed by atoms with Crippen LogP contribution < -0.4 is 10.6 Å². The zero-order valence-corrected chi connectivity index (χ0v) is 20.7. The number of fused-ring (bicyclic) bond motifs is 1. The molecule has 204 valence electrons. The number of aliphatic hydroxyl groups is 2. The van der Waals surface area contributed by atoms with E-state index in [2.05, 4.69) is 35.6 Å². The van der Waals surface area contributed by atoms with Crippen molar-refractivity contribution in [2.75, 3.05) is 12.4 Å². The van der Waals surface area contributed by atoms with E-state index < -0.39 is 42.2 Å². The Morgan fingerprint density at radius 3 is 2.69 bits per heavy atom. The highest BCUT2D eigenvalue weighted by Gasteiger charge is 2.47. The minimum atomic E-state index is -4.54. The highest BCUT2D eigenvalue weighted by Crippen LogP contribution is 2.34. The second-order valence-corrected chi connectivity index (χ2v) is 8.98. The summed E-state index contributed by atoms with van der Waals surface area (Å²) >= 11 is 6.08. The highest BCUT2D eigenvalue weighted by molar-refractivity contribution is 6.30. The third kappa shape index (κ3) is 5.21. The summed E-state index contributed by atoms with van der Waals surface area (Å²) in [6.45, 7) is -0.143. The number of pyridine rings is 2. The smallest absolute Gasteiger partial charge is 0.387 e. The summed E-state index contributed by atoms with van der Waals surface area (Å²) in [5.41, 5.74) is -0.0435. The second-order valence-electron chi connectivity index (χ2n) is 8.54. The average Bonchev–Trinajstić information content (AvgIpc) is 3.47. The van der Waals surface area contributed by atoms with Gasteiger partial charge in [-0.2, -0.15) is 13.2 Å². The number of rotatable bonds is 6. The molecule has 4 aromatic rings. The Hall–Kier alpha value is -3.92. The van der Waals surface area contributed by atoms with Crippen LogP contribution in [0.2, 0.25) is 5.02 Å². The molecule has 0 aliphatic carbocycles. The van der Waals surface area contributed by atoms with E-state index in [0.717, 1.165) is 18.3 Å². The number of carbonyl (C=O) groups is 1. The molecule has 0 spiro atoms. The van der Waals surface area contributed by atoms with Crippen LogP contribution in [0.15, 0.2) is 43.1 Å². The topological polar surface area (TPSA) is 160 Å². The Kier molecular flexibility index (Phi) is 7.07. The van der Waals surface area contributed by atoms with Crippen LogP contribution in [0.5, 0.6) is 0 Å². The van der Waals surface area contributed by atoms with E-state index in [-0.39, 0.29) is 35.0 Å². The van der Waals surface area contributed by atoms with Gasteiger partial charge in [-0.1, -0.05) is 11.6 Å². The summed E-state index contributed by atoms with van der Waals surface area (Å²) in [4.78, 5) is 33.4. The van der Waals surface area contributed by atoms with E-state index in [0.29, 0.717) is 10.6 Å². The summed E-state index contributed by atoms with van der Waals surface area (Å²) < 4.78 is 46.4. The number of likely N-dealkylation sites (N-methyl/N-ethyl adjacent to an activating group) is 1. The van der Waals surface area contributed by atoms with Gasteiger partial charge in [-0.15, -0.1) is 0 Å². The van der Waals surface area contributed by atoms with E-state index in [1.54, 1.807) is 6.07 Å². The fraction of sp³-hybridized carbons (Fsp3) is 0.304. The van der Waals surface area contributed by atoms with Crippen molar-refractivity contribution in [3.63, 3.8) is 0 Å². The molecule has 0 aromatic carbocycles. The number of nitrogens with zero attached hydrogens (tertiary/aromatic N) is 6. The molecular weight excluding hydrogens is 545 g/mol. The van der Waals surface area contributed by atoms with Crippen molar-refractivity contribution < 1.29 is 32.9 Å². The second kappa shape index (κ2) is 10.3. The Balaban J connectivity index is 1.56. The van der Waals surface area contributed by atoms with Gasteiger partial charge in [0.2, 0.25) is 0 Å². The van der Waals surface area contributed by atoms with Crippen molar-refractivity contribution in [3.8, 4) is 11.4 Å². The van der Waals surface area contributed by atoms with E-state index in [4.69, 9.17) is 16.3 Å². The lowest BCUT2D eigenvalue weighted by Gasteiger charge is -2.17. The largest absolute Gasteiger partial charge is 0.416 e. The molecule has 16 heteroatoms. The Labute approximate surface area is 222 Å². The number of aliphatic hydroxyl groups excluding tert-OH is 2. The molecule has 0 saturated carbocycles. The first kappa shape index (κ1) is 26.7. The van der Waals surface area contributed by atoms with Crippen LogP contribution in [0.4, 0.5) is 19.0 Å². The number of hydrogen-bond acceptors (Lipinski definition) is 10. The van der Waals surface area contributed by atoms with Crippen LogP contribution in [0.3, 0.4) is 0 Å². The number of anilines is 1. The van der Waals surface area contributed by atoms with Gasteiger partial charge in [0.15, 0.2) is 35.1 Å². The minimum Gasteiger partial charge on any atom is -0.387 e. The van der Waals surface area contributed by atoms with E-state index in [9.17, 15) is 28.2 Å². The molecule has 0 radical (unpaired) electrons. The molecule has 1 aliphatic heterocycles. The molecule has 12 nitrogen and oxygen atoms in total. The maximum atomic E-state index is 13.1. The summed E-state index contributed by atoms with van der Waals surface area (Å²) in [5.74, 6) is -0.386. The van der Waals surface area contributed by atoms with Crippen molar-refractivity contribution in [2.45, 2.75) is 37.3 Å². The average molecular weight is 565 g/mol. The molecule has 5 heterocycles. The van der Waals surface area contributed by atoms with Gasteiger partial charge < -0.3 is 25.6 Å². The summed E-state index contributed by atoms with van der Waals surface area (Å²) in [6.07, 6.45) is -4.98. The van der Waals surface area contributed by atoms with Gasteiger partial charge in [0, 0.05) is 31.2 Å². The fourth-order valence-corrected chi connectivity index (χ4v) is 4.24. The van der Waals surface area contributed by atoms with Crippen LogP contribution in [-0.2, 0) is 22.3 Å². The van der Waals surface area contributed by atoms with Crippen molar-refractivity contribution in [3.05, 3.63) is 59.4 Å². The number of hydrogen-bond donors (Lipinski definition) is 4. The van der Waals surface area contributed by atoms with Crippen LogP contribution >= 0.6 is 11.6 Å². The molecule has 1 amide bonds. The molecule has 4 atom stereocenters. The first-order valence-corrected chi connectivity index (χ1v) is 11.8. The molecule has 5 rings (SSSR count). The van der Waals surface area contributed by atoms with Crippen molar-refractivity contribution >= 4 is 34.5 Å². The van der Waals surface area contributed by atoms with Crippen LogP contribution in [0, 0.1) is 0 Å². The van der Waals surface area contributed by atoms with Gasteiger partial charge in [0.1, 0.15) is 12.2 Å². The van der Waals surface area contributed by atoms with Crippen LogP contribution in [0.25, 0.3) is 22.6 Å². The molecule has 1 saturated heterocycles. The SMILES string of the molecule is CNC(=O)C1OC(n2cnc3c(NCc4cc(C(F)(F)F)ccn4)nc(-c4cncc(Cl)c4)nc32)C(O)C1O. The van der Waals surface area contributed by atoms with Gasteiger partial charge in [0.05, 0.1) is 29.2 Å². The Morgan fingerprint density at radius 2 is 1.97 bits per heavy atom. The minimum absolute atomic E-state index is 0.0908. The predicted octanol–water partition coefficient (Wildman–Crippen LogP) is 1.93. The number of aromatic nitrogens is 6. The Bertz CT molecular complexity index is 1540. The number of halogens is 4. The van der Waals surface area contributed by atoms with Crippen LogP contribution in [0.1, 0.15) is 17.5 Å². The molecule has 1 fully saturated rings. The number of nitrogens with one attached hydrogen (secondary N) is 2. The van der Waals surface area contributed by atoms with E-state index >= 15 is 0 Å². The highest BCUT2D eigenvalue weighted by atomic mass is 35.5.